The Labute approximate surface area is 74.7 Å². The lowest BCUT2D eigenvalue weighted by atomic mass is 10.5. The summed E-state index contributed by atoms with van der Waals surface area (Å²) in [6.07, 6.45) is -0.511. The SMILES string of the molecule is CCOC(=O)OCCCO[N+](=O)[O-]. The molecule has 0 bridgehead atoms. The average Bonchev–Trinajstić information content (AvgIpc) is 2.03. The van der Waals surface area contributed by atoms with Crippen LogP contribution in [0, 0.1) is 10.1 Å². The zero-order valence-corrected chi connectivity index (χ0v) is 7.23. The van der Waals surface area contributed by atoms with Gasteiger partial charge in [0.2, 0.25) is 0 Å². The van der Waals surface area contributed by atoms with Crippen molar-refractivity contribution in [2.45, 2.75) is 13.3 Å². The van der Waals surface area contributed by atoms with Crippen LogP contribution >= 0.6 is 0 Å². The van der Waals surface area contributed by atoms with Crippen LogP contribution in [-0.2, 0) is 14.3 Å². The summed E-state index contributed by atoms with van der Waals surface area (Å²) >= 11 is 0. The molecular weight excluding hydrogens is 182 g/mol. The van der Waals surface area contributed by atoms with Crippen LogP contribution in [-0.4, -0.2) is 31.1 Å². The van der Waals surface area contributed by atoms with Crippen molar-refractivity contribution in [3.05, 3.63) is 10.1 Å². The van der Waals surface area contributed by atoms with E-state index >= 15 is 0 Å². The predicted molar refractivity (Wildman–Crippen MR) is 40.5 cm³/mol. The normalized spacial score (nSPS) is 9.00. The van der Waals surface area contributed by atoms with E-state index in [0.29, 0.717) is 0 Å². The molecule has 0 radical (unpaired) electrons. The molecule has 0 aliphatic carbocycles. The first-order valence-electron chi connectivity index (χ1n) is 3.73. The molecule has 7 heteroatoms. The van der Waals surface area contributed by atoms with Gasteiger partial charge in [0.15, 0.2) is 0 Å². The lowest BCUT2D eigenvalue weighted by molar-refractivity contribution is -0.757. The Hall–Kier alpha value is -1.53. The number of rotatable bonds is 6. The van der Waals surface area contributed by atoms with E-state index in [4.69, 9.17) is 0 Å². The van der Waals surface area contributed by atoms with Crippen molar-refractivity contribution in [2.75, 3.05) is 19.8 Å². The summed E-state index contributed by atoms with van der Waals surface area (Å²) in [4.78, 5) is 24.1. The summed E-state index contributed by atoms with van der Waals surface area (Å²) in [6.45, 7) is 1.85. The van der Waals surface area contributed by atoms with Crippen LogP contribution in [0.2, 0.25) is 0 Å². The van der Waals surface area contributed by atoms with Gasteiger partial charge in [-0.15, -0.1) is 10.1 Å². The molecule has 13 heavy (non-hydrogen) atoms. The quantitative estimate of drug-likeness (QED) is 0.268. The Bertz CT molecular complexity index is 171. The van der Waals surface area contributed by atoms with Crippen molar-refractivity contribution in [3.63, 3.8) is 0 Å². The Balaban J connectivity index is 3.16. The van der Waals surface area contributed by atoms with E-state index in [1.54, 1.807) is 6.92 Å². The van der Waals surface area contributed by atoms with E-state index < -0.39 is 11.2 Å². The highest BCUT2D eigenvalue weighted by atomic mass is 16.9. The van der Waals surface area contributed by atoms with Crippen LogP contribution in [0.15, 0.2) is 0 Å². The van der Waals surface area contributed by atoms with Crippen molar-refractivity contribution >= 4 is 6.16 Å². The highest BCUT2D eigenvalue weighted by Gasteiger charge is 2.01. The van der Waals surface area contributed by atoms with E-state index in [-0.39, 0.29) is 26.2 Å². The molecule has 0 aromatic rings. The van der Waals surface area contributed by atoms with E-state index in [1.165, 1.54) is 0 Å². The minimum atomic E-state index is -0.898. The second kappa shape index (κ2) is 7.14. The molecule has 0 atom stereocenters. The second-order valence-electron chi connectivity index (χ2n) is 1.94. The number of hydrogen-bond acceptors (Lipinski definition) is 6. The Morgan fingerprint density at radius 1 is 1.38 bits per heavy atom. The third kappa shape index (κ3) is 8.38. The van der Waals surface area contributed by atoms with Crippen LogP contribution in [0.4, 0.5) is 4.79 Å². The first-order valence-corrected chi connectivity index (χ1v) is 3.73. The molecular formula is C6H11NO6. The van der Waals surface area contributed by atoms with Gasteiger partial charge in [-0.2, -0.15) is 0 Å². The topological polar surface area (TPSA) is 87.9 Å². The second-order valence-corrected chi connectivity index (χ2v) is 1.94. The zero-order valence-electron chi connectivity index (χ0n) is 7.23. The van der Waals surface area contributed by atoms with Gasteiger partial charge in [0, 0.05) is 6.42 Å². The lowest BCUT2D eigenvalue weighted by Gasteiger charge is -2.03. The molecule has 0 aliphatic rings. The standard InChI is InChI=1S/C6H11NO6/c1-2-11-6(8)12-4-3-5-13-7(9)10/h2-5H2,1H3. The Morgan fingerprint density at radius 2 is 2.08 bits per heavy atom. The maximum Gasteiger partial charge on any atom is 0.508 e. The summed E-state index contributed by atoms with van der Waals surface area (Å²) in [5.41, 5.74) is 0. The van der Waals surface area contributed by atoms with E-state index in [2.05, 4.69) is 14.3 Å². The molecule has 0 saturated carbocycles. The summed E-state index contributed by atoms with van der Waals surface area (Å²) < 4.78 is 8.93. The number of nitrogens with zero attached hydrogens (tertiary/aromatic N) is 1. The minimum absolute atomic E-state index is 0.0483. The monoisotopic (exact) mass is 193 g/mol. The van der Waals surface area contributed by atoms with Gasteiger partial charge in [-0.3, -0.25) is 0 Å². The van der Waals surface area contributed by atoms with Gasteiger partial charge in [-0.25, -0.2) is 4.79 Å². The van der Waals surface area contributed by atoms with Crippen LogP contribution in [0.25, 0.3) is 0 Å². The van der Waals surface area contributed by atoms with Gasteiger partial charge < -0.3 is 14.3 Å². The largest absolute Gasteiger partial charge is 0.508 e. The molecule has 0 rings (SSSR count). The fraction of sp³-hybridized carbons (Fsp3) is 0.833. The average molecular weight is 193 g/mol. The van der Waals surface area contributed by atoms with Crippen molar-refractivity contribution in [1.29, 1.82) is 0 Å². The summed E-state index contributed by atoms with van der Waals surface area (Å²) in [6, 6.07) is 0. The molecule has 0 saturated heterocycles. The third-order valence-corrected chi connectivity index (χ3v) is 0.967. The number of hydrogen-bond donors (Lipinski definition) is 0. The van der Waals surface area contributed by atoms with Gasteiger partial charge in [0.25, 0.3) is 5.09 Å². The van der Waals surface area contributed by atoms with Crippen molar-refractivity contribution in [2.24, 2.45) is 0 Å². The van der Waals surface area contributed by atoms with Crippen LogP contribution in [0.5, 0.6) is 0 Å². The maximum atomic E-state index is 10.5. The highest BCUT2D eigenvalue weighted by Crippen LogP contribution is 1.89. The number of carbonyl (C=O) groups excluding carboxylic acids is 1. The summed E-state index contributed by atoms with van der Waals surface area (Å²) in [5, 5.41) is 8.75. The fourth-order valence-corrected chi connectivity index (χ4v) is 0.513. The summed E-state index contributed by atoms with van der Waals surface area (Å²) in [7, 11) is 0. The Morgan fingerprint density at radius 3 is 2.62 bits per heavy atom. The van der Waals surface area contributed by atoms with E-state index in [1.807, 2.05) is 0 Å². The smallest absolute Gasteiger partial charge is 0.435 e. The fourth-order valence-electron chi connectivity index (χ4n) is 0.513. The van der Waals surface area contributed by atoms with Gasteiger partial charge in [-0.1, -0.05) is 0 Å². The van der Waals surface area contributed by atoms with E-state index in [0.717, 1.165) is 0 Å². The molecule has 0 aromatic heterocycles. The minimum Gasteiger partial charge on any atom is -0.435 e. The number of ether oxygens (including phenoxy) is 2. The molecule has 76 valence electrons. The van der Waals surface area contributed by atoms with Gasteiger partial charge >= 0.3 is 6.16 Å². The van der Waals surface area contributed by atoms with Gasteiger partial charge in [0.05, 0.1) is 19.8 Å². The highest BCUT2D eigenvalue weighted by molar-refractivity contribution is 5.59. The van der Waals surface area contributed by atoms with E-state index in [9.17, 15) is 14.9 Å². The number of carbonyl (C=O) groups is 1. The van der Waals surface area contributed by atoms with Crippen molar-refractivity contribution in [3.8, 4) is 0 Å². The zero-order chi connectivity index (χ0) is 10.1. The lowest BCUT2D eigenvalue weighted by Crippen LogP contribution is -2.10. The Kier molecular flexibility index (Phi) is 6.30. The third-order valence-electron chi connectivity index (χ3n) is 0.967. The van der Waals surface area contributed by atoms with Crippen molar-refractivity contribution in [1.82, 2.24) is 0 Å². The molecule has 7 nitrogen and oxygen atoms in total. The van der Waals surface area contributed by atoms with Gasteiger partial charge in [-0.05, 0) is 6.92 Å². The molecule has 0 aliphatic heterocycles. The first kappa shape index (κ1) is 11.5. The first-order chi connectivity index (χ1) is 6.16. The van der Waals surface area contributed by atoms with Crippen LogP contribution in [0.1, 0.15) is 13.3 Å². The predicted octanol–water partition coefficient (Wildman–Crippen LogP) is 0.758. The molecule has 0 aromatic carbocycles. The van der Waals surface area contributed by atoms with Gasteiger partial charge in [0.1, 0.15) is 0 Å². The summed E-state index contributed by atoms with van der Waals surface area (Å²) in [5.74, 6) is 0. The molecule has 0 heterocycles. The van der Waals surface area contributed by atoms with Crippen LogP contribution < -0.4 is 0 Å². The van der Waals surface area contributed by atoms with Crippen molar-refractivity contribution < 1.29 is 24.2 Å². The molecule has 0 fully saturated rings. The molecule has 0 N–H and O–H groups in total. The van der Waals surface area contributed by atoms with Crippen LogP contribution in [0.3, 0.4) is 0 Å². The molecule has 0 amide bonds. The maximum absolute atomic E-state index is 10.5. The molecule has 0 unspecified atom stereocenters. The molecule has 0 spiro atoms.